The van der Waals surface area contributed by atoms with Gasteiger partial charge in [0.1, 0.15) is 17.1 Å². The lowest BCUT2D eigenvalue weighted by molar-refractivity contribution is -0.133. The molecule has 1 aromatic heterocycles. The maximum Gasteiger partial charge on any atom is 0.276 e. The molecule has 1 fully saturated rings. The summed E-state index contributed by atoms with van der Waals surface area (Å²) in [6.45, 7) is 4.23. The van der Waals surface area contributed by atoms with Crippen LogP contribution in [0, 0.1) is 5.82 Å². The number of carbonyl (C=O) groups excluding carboxylic acids is 3. The van der Waals surface area contributed by atoms with Crippen molar-refractivity contribution in [1.82, 2.24) is 19.8 Å². The first kappa shape index (κ1) is 23.4. The van der Waals surface area contributed by atoms with Crippen LogP contribution in [0.2, 0.25) is 0 Å². The smallest absolute Gasteiger partial charge is 0.276 e. The van der Waals surface area contributed by atoms with E-state index < -0.39 is 23.2 Å². The first-order valence-corrected chi connectivity index (χ1v) is 12.0. The molecule has 0 radical (unpaired) electrons. The van der Waals surface area contributed by atoms with Gasteiger partial charge in [-0.1, -0.05) is 35.7 Å². The van der Waals surface area contributed by atoms with Gasteiger partial charge in [-0.2, -0.15) is 0 Å². The molecule has 1 aliphatic carbocycles. The minimum Gasteiger partial charge on any atom is -0.351 e. The second-order valence-corrected chi connectivity index (χ2v) is 9.75. The van der Waals surface area contributed by atoms with Crippen LogP contribution in [0.3, 0.4) is 0 Å². The summed E-state index contributed by atoms with van der Waals surface area (Å²) < 4.78 is 16.3. The van der Waals surface area contributed by atoms with Gasteiger partial charge in [0.2, 0.25) is 5.91 Å². The lowest BCUT2D eigenvalue weighted by Gasteiger charge is -2.44. The maximum atomic E-state index is 14.2. The molecule has 2 heterocycles. The Morgan fingerprint density at radius 3 is 2.70 bits per heavy atom. The SMILES string of the molecule is CCCN1C(=O)c2c(C(=O)Nc3ccc(Br)cc3F)ncn2CC1(C)C(=O)NC1CCCC1. The number of benzene rings is 1. The molecule has 1 aliphatic heterocycles. The van der Waals surface area contributed by atoms with Crippen LogP contribution in [0.1, 0.15) is 66.9 Å². The van der Waals surface area contributed by atoms with E-state index in [-0.39, 0.29) is 35.6 Å². The molecule has 3 amide bonds. The number of imidazole rings is 1. The van der Waals surface area contributed by atoms with Crippen molar-refractivity contribution < 1.29 is 18.8 Å². The van der Waals surface area contributed by atoms with Crippen LogP contribution in [-0.4, -0.2) is 50.3 Å². The normalized spacial score (nSPS) is 20.6. The largest absolute Gasteiger partial charge is 0.351 e. The van der Waals surface area contributed by atoms with Crippen LogP contribution in [0.5, 0.6) is 0 Å². The van der Waals surface area contributed by atoms with Gasteiger partial charge in [-0.15, -0.1) is 0 Å². The van der Waals surface area contributed by atoms with Gasteiger partial charge in [0, 0.05) is 17.1 Å². The molecule has 10 heteroatoms. The summed E-state index contributed by atoms with van der Waals surface area (Å²) in [6.07, 6.45) is 6.10. The molecule has 176 valence electrons. The van der Waals surface area contributed by atoms with E-state index in [1.807, 2.05) is 6.92 Å². The van der Waals surface area contributed by atoms with Gasteiger partial charge in [0.25, 0.3) is 11.8 Å². The Morgan fingerprint density at radius 2 is 2.03 bits per heavy atom. The minimum atomic E-state index is -1.10. The van der Waals surface area contributed by atoms with E-state index >= 15 is 0 Å². The van der Waals surface area contributed by atoms with E-state index in [0.717, 1.165) is 25.7 Å². The van der Waals surface area contributed by atoms with Crippen molar-refractivity contribution in [2.45, 2.75) is 64.1 Å². The van der Waals surface area contributed by atoms with E-state index in [2.05, 4.69) is 31.5 Å². The highest BCUT2D eigenvalue weighted by atomic mass is 79.9. The topological polar surface area (TPSA) is 96.3 Å². The third kappa shape index (κ3) is 4.40. The summed E-state index contributed by atoms with van der Waals surface area (Å²) in [4.78, 5) is 45.4. The summed E-state index contributed by atoms with van der Waals surface area (Å²) in [6, 6.07) is 4.39. The second kappa shape index (κ2) is 9.24. The van der Waals surface area contributed by atoms with Gasteiger partial charge >= 0.3 is 0 Å². The molecule has 0 saturated heterocycles. The van der Waals surface area contributed by atoms with Crippen LogP contribution in [0.15, 0.2) is 29.0 Å². The quantitative estimate of drug-likeness (QED) is 0.607. The Bertz CT molecular complexity index is 1100. The molecule has 1 unspecified atom stereocenters. The number of fused-ring (bicyclic) bond motifs is 1. The van der Waals surface area contributed by atoms with E-state index in [1.54, 1.807) is 17.6 Å². The van der Waals surface area contributed by atoms with Crippen molar-refractivity contribution >= 4 is 39.3 Å². The molecule has 1 saturated carbocycles. The molecule has 0 spiro atoms. The number of nitrogens with zero attached hydrogens (tertiary/aromatic N) is 3. The predicted octanol–water partition coefficient (Wildman–Crippen LogP) is 3.72. The zero-order valence-electron chi connectivity index (χ0n) is 18.7. The Labute approximate surface area is 200 Å². The molecular formula is C23H27BrFN5O3. The molecule has 2 aliphatic rings. The fourth-order valence-corrected chi connectivity index (χ4v) is 4.94. The van der Waals surface area contributed by atoms with Crippen molar-refractivity contribution in [3.63, 3.8) is 0 Å². The zero-order valence-corrected chi connectivity index (χ0v) is 20.2. The number of hydrogen-bond donors (Lipinski definition) is 2. The summed E-state index contributed by atoms with van der Waals surface area (Å²) in [5.41, 5.74) is -1.11. The van der Waals surface area contributed by atoms with Gasteiger partial charge < -0.3 is 20.1 Å². The van der Waals surface area contributed by atoms with Crippen molar-refractivity contribution in [2.75, 3.05) is 11.9 Å². The summed E-state index contributed by atoms with van der Waals surface area (Å²) >= 11 is 3.18. The van der Waals surface area contributed by atoms with Crippen molar-refractivity contribution in [2.24, 2.45) is 0 Å². The highest BCUT2D eigenvalue weighted by Gasteiger charge is 2.49. The third-order valence-corrected chi connectivity index (χ3v) is 6.87. The number of anilines is 1. The first-order valence-electron chi connectivity index (χ1n) is 11.2. The average molecular weight is 520 g/mol. The molecule has 33 heavy (non-hydrogen) atoms. The molecule has 1 atom stereocenters. The highest BCUT2D eigenvalue weighted by Crippen LogP contribution is 2.30. The lowest BCUT2D eigenvalue weighted by Crippen LogP contribution is -2.65. The van der Waals surface area contributed by atoms with E-state index in [9.17, 15) is 18.8 Å². The Kier molecular flexibility index (Phi) is 6.56. The zero-order chi connectivity index (χ0) is 23.8. The van der Waals surface area contributed by atoms with Crippen LogP contribution in [0.25, 0.3) is 0 Å². The highest BCUT2D eigenvalue weighted by molar-refractivity contribution is 9.10. The number of nitrogens with one attached hydrogen (secondary N) is 2. The maximum absolute atomic E-state index is 14.2. The standard InChI is InChI=1S/C23H27BrFN5O3/c1-3-10-30-21(32)19-18(20(31)28-17-9-8-14(24)11-16(17)25)26-13-29(19)12-23(30,2)22(33)27-15-6-4-5-7-15/h8-9,11,13,15H,3-7,10,12H2,1-2H3,(H,27,33)(H,28,31). The molecule has 4 rings (SSSR count). The van der Waals surface area contributed by atoms with Gasteiger partial charge in [0.15, 0.2) is 5.69 Å². The first-order chi connectivity index (χ1) is 15.7. The summed E-state index contributed by atoms with van der Waals surface area (Å²) in [5, 5.41) is 5.60. The minimum absolute atomic E-state index is 0.0144. The molecule has 8 nitrogen and oxygen atoms in total. The van der Waals surface area contributed by atoms with Crippen molar-refractivity contribution in [3.05, 3.63) is 46.2 Å². The predicted molar refractivity (Wildman–Crippen MR) is 124 cm³/mol. The van der Waals surface area contributed by atoms with Crippen LogP contribution < -0.4 is 10.6 Å². The summed E-state index contributed by atoms with van der Waals surface area (Å²) in [5.74, 6) is -1.93. The van der Waals surface area contributed by atoms with E-state index in [1.165, 1.54) is 23.4 Å². The monoisotopic (exact) mass is 519 g/mol. The van der Waals surface area contributed by atoms with Gasteiger partial charge in [-0.3, -0.25) is 14.4 Å². The number of rotatable bonds is 6. The molecule has 1 aromatic carbocycles. The van der Waals surface area contributed by atoms with E-state index in [0.29, 0.717) is 17.4 Å². The Hall–Kier alpha value is -2.75. The fraction of sp³-hybridized carbons (Fsp3) is 0.478. The van der Waals surface area contributed by atoms with Crippen molar-refractivity contribution in [3.8, 4) is 0 Å². The van der Waals surface area contributed by atoms with Gasteiger partial charge in [-0.05, 0) is 44.4 Å². The Balaban J connectivity index is 1.63. The van der Waals surface area contributed by atoms with Crippen molar-refractivity contribution in [1.29, 1.82) is 0 Å². The number of hydrogen-bond acceptors (Lipinski definition) is 4. The number of halogens is 2. The van der Waals surface area contributed by atoms with Gasteiger partial charge in [-0.25, -0.2) is 9.37 Å². The number of amides is 3. The molecule has 2 aromatic rings. The van der Waals surface area contributed by atoms with Crippen LogP contribution >= 0.6 is 15.9 Å². The average Bonchev–Trinajstić information content (AvgIpc) is 3.43. The lowest BCUT2D eigenvalue weighted by atomic mass is 9.93. The molecular weight excluding hydrogens is 493 g/mol. The Morgan fingerprint density at radius 1 is 1.30 bits per heavy atom. The number of aromatic nitrogens is 2. The van der Waals surface area contributed by atoms with Gasteiger partial charge in [0.05, 0.1) is 18.6 Å². The second-order valence-electron chi connectivity index (χ2n) is 8.83. The van der Waals surface area contributed by atoms with Crippen LogP contribution in [0.4, 0.5) is 10.1 Å². The number of carbonyl (C=O) groups is 3. The van der Waals surface area contributed by atoms with Crippen LogP contribution in [-0.2, 0) is 11.3 Å². The summed E-state index contributed by atoms with van der Waals surface area (Å²) in [7, 11) is 0. The third-order valence-electron chi connectivity index (χ3n) is 6.38. The van der Waals surface area contributed by atoms with E-state index in [4.69, 9.17) is 0 Å². The molecule has 2 N–H and O–H groups in total. The molecule has 0 bridgehead atoms. The fourth-order valence-electron chi connectivity index (χ4n) is 4.61.